The summed E-state index contributed by atoms with van der Waals surface area (Å²) in [5.74, 6) is 0.409. The first kappa shape index (κ1) is 18.1. The number of carbonyl (C=O) groups excluding carboxylic acids is 2. The summed E-state index contributed by atoms with van der Waals surface area (Å²) in [7, 11) is 1.75. The molecule has 0 aromatic carbocycles. The van der Waals surface area contributed by atoms with E-state index in [1.807, 2.05) is 11.8 Å². The number of rotatable bonds is 1. The quantitative estimate of drug-likeness (QED) is 0.755. The van der Waals surface area contributed by atoms with E-state index in [1.54, 1.807) is 22.7 Å². The third kappa shape index (κ3) is 2.71. The number of hydrogen-bond donors (Lipinski definition) is 1. The second-order valence-corrected chi connectivity index (χ2v) is 8.42. The Balaban J connectivity index is 1.35. The summed E-state index contributed by atoms with van der Waals surface area (Å²) in [5.41, 5.74) is 2.39. The Hall–Kier alpha value is -2.97. The number of likely N-dealkylation sites (N-methyl/N-ethyl adjacent to an activating group) is 1. The molecule has 2 amide bonds. The van der Waals surface area contributed by atoms with Gasteiger partial charge in [0.15, 0.2) is 5.69 Å². The molecule has 0 unspecified atom stereocenters. The van der Waals surface area contributed by atoms with Crippen LogP contribution in [0.1, 0.15) is 57.3 Å². The van der Waals surface area contributed by atoms with Crippen LogP contribution in [-0.4, -0.2) is 68.0 Å². The lowest BCUT2D eigenvalue weighted by atomic mass is 9.76. The lowest BCUT2D eigenvalue weighted by Gasteiger charge is -2.39. The number of aryl methyl sites for hydroxylation is 1. The molecule has 4 heterocycles. The molecule has 1 fully saturated rings. The first-order valence-corrected chi connectivity index (χ1v) is 10.1. The Morgan fingerprint density at radius 1 is 1.14 bits per heavy atom. The maximum Gasteiger partial charge on any atom is 0.274 e. The zero-order chi connectivity index (χ0) is 20.3. The Labute approximate surface area is 167 Å². The molecule has 5 rings (SSSR count). The molecule has 0 radical (unpaired) electrons. The minimum absolute atomic E-state index is 0.0268. The van der Waals surface area contributed by atoms with Crippen LogP contribution in [0.4, 0.5) is 0 Å². The number of carbonyl (C=O) groups is 2. The van der Waals surface area contributed by atoms with Gasteiger partial charge in [-0.2, -0.15) is 5.10 Å². The molecule has 1 spiro atoms. The van der Waals surface area contributed by atoms with E-state index in [4.69, 9.17) is 0 Å². The van der Waals surface area contributed by atoms with Crippen molar-refractivity contribution >= 4 is 11.8 Å². The van der Waals surface area contributed by atoms with Gasteiger partial charge in [-0.05, 0) is 32.6 Å². The predicted molar refractivity (Wildman–Crippen MR) is 104 cm³/mol. The van der Waals surface area contributed by atoms with Gasteiger partial charge >= 0.3 is 0 Å². The molecular formula is C20H24N6O3. The van der Waals surface area contributed by atoms with Crippen molar-refractivity contribution in [1.29, 1.82) is 0 Å². The van der Waals surface area contributed by atoms with E-state index in [0.29, 0.717) is 43.4 Å². The van der Waals surface area contributed by atoms with Crippen molar-refractivity contribution < 1.29 is 9.59 Å². The van der Waals surface area contributed by atoms with Crippen molar-refractivity contribution in [3.8, 4) is 0 Å². The molecule has 9 nitrogen and oxygen atoms in total. The highest BCUT2D eigenvalue weighted by Crippen LogP contribution is 2.44. The molecule has 2 aliphatic heterocycles. The summed E-state index contributed by atoms with van der Waals surface area (Å²) >= 11 is 0. The minimum atomic E-state index is -0.134. The number of aromatic nitrogens is 4. The van der Waals surface area contributed by atoms with Crippen LogP contribution in [0.15, 0.2) is 10.9 Å². The van der Waals surface area contributed by atoms with E-state index in [0.717, 1.165) is 36.9 Å². The van der Waals surface area contributed by atoms with Crippen molar-refractivity contribution in [3.05, 3.63) is 44.9 Å². The smallest absolute Gasteiger partial charge is 0.274 e. The molecular weight excluding hydrogens is 372 g/mol. The first-order valence-electron chi connectivity index (χ1n) is 10.1. The van der Waals surface area contributed by atoms with Crippen LogP contribution in [0.5, 0.6) is 0 Å². The highest BCUT2D eigenvalue weighted by atomic mass is 16.2. The van der Waals surface area contributed by atoms with Crippen molar-refractivity contribution in [2.45, 2.75) is 44.6 Å². The number of nitrogens with zero attached hydrogens (tertiary/aromatic N) is 5. The zero-order valence-electron chi connectivity index (χ0n) is 16.7. The van der Waals surface area contributed by atoms with Crippen molar-refractivity contribution in [3.63, 3.8) is 0 Å². The van der Waals surface area contributed by atoms with Crippen molar-refractivity contribution in [2.75, 3.05) is 26.7 Å². The van der Waals surface area contributed by atoms with Crippen LogP contribution in [0.2, 0.25) is 0 Å². The monoisotopic (exact) mass is 396 g/mol. The average Bonchev–Trinajstić information content (AvgIpc) is 3.28. The maximum absolute atomic E-state index is 13.0. The number of hydrogen-bond acceptors (Lipinski definition) is 5. The molecule has 9 heteroatoms. The Bertz CT molecular complexity index is 1080. The topological polar surface area (TPSA) is 104 Å². The lowest BCUT2D eigenvalue weighted by molar-refractivity contribution is 0.0654. The van der Waals surface area contributed by atoms with Gasteiger partial charge in [0.05, 0.1) is 12.2 Å². The first-order chi connectivity index (χ1) is 13.9. The van der Waals surface area contributed by atoms with Crippen LogP contribution in [0, 0.1) is 6.92 Å². The van der Waals surface area contributed by atoms with Crippen LogP contribution in [0.25, 0.3) is 0 Å². The van der Waals surface area contributed by atoms with E-state index in [2.05, 4.69) is 15.1 Å². The van der Waals surface area contributed by atoms with Gasteiger partial charge in [-0.1, -0.05) is 0 Å². The second-order valence-electron chi connectivity index (χ2n) is 8.42. The highest BCUT2D eigenvalue weighted by Gasteiger charge is 2.44. The molecule has 2 aromatic rings. The minimum Gasteiger partial charge on any atom is -0.339 e. The third-order valence-electron chi connectivity index (χ3n) is 6.71. The molecule has 2 aromatic heterocycles. The fourth-order valence-corrected chi connectivity index (χ4v) is 4.96. The fraction of sp³-hybridized carbons (Fsp3) is 0.550. The lowest BCUT2D eigenvalue weighted by Crippen LogP contribution is -2.45. The van der Waals surface area contributed by atoms with Crippen LogP contribution >= 0.6 is 0 Å². The summed E-state index contributed by atoms with van der Waals surface area (Å²) in [5, 5.41) is 4.38. The number of H-pyrrole nitrogens is 1. The highest BCUT2D eigenvalue weighted by molar-refractivity contribution is 5.98. The number of fused-ring (bicyclic) bond motifs is 3. The summed E-state index contributed by atoms with van der Waals surface area (Å²) in [6, 6.07) is 1.61. The van der Waals surface area contributed by atoms with Gasteiger partial charge in [0.25, 0.3) is 17.4 Å². The number of likely N-dealkylation sites (tertiary alicyclic amines) is 1. The van der Waals surface area contributed by atoms with Gasteiger partial charge in [-0.15, -0.1) is 0 Å². The summed E-state index contributed by atoms with van der Waals surface area (Å²) < 4.78 is 1.63. The Morgan fingerprint density at radius 3 is 2.66 bits per heavy atom. The molecule has 1 saturated heterocycles. The van der Waals surface area contributed by atoms with Gasteiger partial charge < -0.3 is 14.8 Å². The normalized spacial score (nSPS) is 20.1. The predicted octanol–water partition coefficient (Wildman–Crippen LogP) is 0.481. The zero-order valence-corrected chi connectivity index (χ0v) is 16.7. The summed E-state index contributed by atoms with van der Waals surface area (Å²) in [6.07, 6.45) is 3.23. The number of aromatic amines is 1. The van der Waals surface area contributed by atoms with E-state index >= 15 is 0 Å². The molecule has 1 aliphatic carbocycles. The molecule has 29 heavy (non-hydrogen) atoms. The Morgan fingerprint density at radius 2 is 1.90 bits per heavy atom. The van der Waals surface area contributed by atoms with Crippen molar-refractivity contribution in [1.82, 2.24) is 29.5 Å². The molecule has 152 valence electrons. The van der Waals surface area contributed by atoms with Gasteiger partial charge in [0.2, 0.25) is 0 Å². The standard InChI is InChI=1S/C20H24N6O3/c1-12-21-16-13(17(27)22-12)3-4-20(16)5-7-25(8-6-20)18(28)14-11-15-19(29)24(2)9-10-26(15)23-14/h11H,3-10H2,1-2H3,(H,21,22,27). The average molecular weight is 396 g/mol. The number of nitrogens with one attached hydrogen (secondary N) is 1. The van der Waals surface area contributed by atoms with Crippen molar-refractivity contribution in [2.24, 2.45) is 0 Å². The SMILES string of the molecule is Cc1nc2c(c(=O)[nH]1)CCC21CCN(C(=O)c2cc3n(n2)CCN(C)C3=O)CC1. The summed E-state index contributed by atoms with van der Waals surface area (Å²) in [4.78, 5) is 48.5. The van der Waals surface area contributed by atoms with Gasteiger partial charge in [-0.3, -0.25) is 19.1 Å². The van der Waals surface area contributed by atoms with E-state index in [1.165, 1.54) is 0 Å². The molecule has 3 aliphatic rings. The largest absolute Gasteiger partial charge is 0.339 e. The maximum atomic E-state index is 13.0. The van der Waals surface area contributed by atoms with E-state index in [-0.39, 0.29) is 22.8 Å². The summed E-state index contributed by atoms with van der Waals surface area (Å²) in [6.45, 7) is 4.21. The van der Waals surface area contributed by atoms with Gasteiger partial charge in [0, 0.05) is 43.7 Å². The third-order valence-corrected chi connectivity index (χ3v) is 6.71. The van der Waals surface area contributed by atoms with E-state index in [9.17, 15) is 14.4 Å². The van der Waals surface area contributed by atoms with Crippen LogP contribution in [0.3, 0.4) is 0 Å². The number of piperidine rings is 1. The molecule has 0 atom stereocenters. The fourth-order valence-electron chi connectivity index (χ4n) is 4.96. The molecule has 0 saturated carbocycles. The van der Waals surface area contributed by atoms with E-state index < -0.39 is 0 Å². The van der Waals surface area contributed by atoms with Crippen LogP contribution < -0.4 is 5.56 Å². The van der Waals surface area contributed by atoms with Gasteiger partial charge in [-0.25, -0.2) is 4.98 Å². The number of amides is 2. The van der Waals surface area contributed by atoms with Crippen LogP contribution in [-0.2, 0) is 18.4 Å². The van der Waals surface area contributed by atoms with Gasteiger partial charge in [0.1, 0.15) is 11.5 Å². The molecule has 1 N–H and O–H groups in total. The second kappa shape index (κ2) is 6.27. The Kier molecular flexibility index (Phi) is 3.91. The molecule has 0 bridgehead atoms.